The average molecular weight is 255 g/mol. The molecule has 0 bridgehead atoms. The fourth-order valence-electron chi connectivity index (χ4n) is 2.53. The molecule has 0 aliphatic carbocycles. The molecule has 1 heterocycles. The van der Waals surface area contributed by atoms with Crippen molar-refractivity contribution >= 4 is 17.4 Å². The summed E-state index contributed by atoms with van der Waals surface area (Å²) in [6, 6.07) is 16.0. The molecule has 0 amide bonds. The first kappa shape index (κ1) is 11.7. The molecule has 92 valence electrons. The second-order valence-electron chi connectivity index (χ2n) is 4.83. The van der Waals surface area contributed by atoms with Crippen LogP contribution in [0.25, 0.3) is 0 Å². The van der Waals surface area contributed by atoms with Gasteiger partial charge in [0.2, 0.25) is 0 Å². The molecule has 1 aliphatic rings. The van der Waals surface area contributed by atoms with Gasteiger partial charge in [0.05, 0.1) is 6.04 Å². The molecule has 0 spiro atoms. The molecule has 0 fully saturated rings. The number of aryl methyl sites for hydroxylation is 1. The van der Waals surface area contributed by atoms with Crippen LogP contribution in [0.1, 0.15) is 22.7 Å². The summed E-state index contributed by atoms with van der Waals surface area (Å²) in [4.78, 5) is 1.32. The molecule has 0 saturated heterocycles. The number of nitrogens with one attached hydrogen (secondary N) is 1. The molecule has 0 radical (unpaired) electrons. The maximum Gasteiger partial charge on any atom is 0.0555 e. The molecule has 0 saturated carbocycles. The Balaban J connectivity index is 1.84. The van der Waals surface area contributed by atoms with Crippen LogP contribution in [0.4, 0.5) is 5.69 Å². The summed E-state index contributed by atoms with van der Waals surface area (Å²) in [6.45, 7) is 2.15. The van der Waals surface area contributed by atoms with Crippen molar-refractivity contribution in [1.82, 2.24) is 0 Å². The van der Waals surface area contributed by atoms with E-state index in [2.05, 4.69) is 61.0 Å². The van der Waals surface area contributed by atoms with Gasteiger partial charge in [-0.2, -0.15) is 0 Å². The molecular weight excluding hydrogens is 238 g/mol. The highest BCUT2D eigenvalue weighted by Gasteiger charge is 2.21. The molecule has 1 N–H and O–H groups in total. The minimum absolute atomic E-state index is 0.428. The highest BCUT2D eigenvalue weighted by atomic mass is 32.2. The van der Waals surface area contributed by atoms with Gasteiger partial charge in [-0.25, -0.2) is 0 Å². The number of rotatable bonds is 2. The van der Waals surface area contributed by atoms with Crippen LogP contribution in [0.15, 0.2) is 47.4 Å². The molecule has 0 aromatic heterocycles. The minimum Gasteiger partial charge on any atom is -0.378 e. The van der Waals surface area contributed by atoms with E-state index < -0.39 is 0 Å². The molecule has 2 aromatic rings. The SMILES string of the molecule is CSc1ccc(C2Cc3cc(C)ccc3N2)cc1. The molecule has 1 nitrogen and oxygen atoms in total. The third-order valence-electron chi connectivity index (χ3n) is 3.53. The quantitative estimate of drug-likeness (QED) is 0.797. The van der Waals surface area contributed by atoms with E-state index in [-0.39, 0.29) is 0 Å². The molecule has 18 heavy (non-hydrogen) atoms. The van der Waals surface area contributed by atoms with Crippen molar-refractivity contribution in [2.75, 3.05) is 11.6 Å². The molecule has 1 atom stereocenters. The van der Waals surface area contributed by atoms with Gasteiger partial charge in [0, 0.05) is 10.6 Å². The molecule has 2 aromatic carbocycles. The zero-order valence-electron chi connectivity index (χ0n) is 10.7. The summed E-state index contributed by atoms with van der Waals surface area (Å²) in [5, 5.41) is 3.61. The predicted octanol–water partition coefficient (Wildman–Crippen LogP) is 4.43. The first-order valence-corrected chi connectivity index (χ1v) is 7.49. The van der Waals surface area contributed by atoms with Crippen molar-refractivity contribution in [2.24, 2.45) is 0 Å². The Labute approximate surface area is 113 Å². The van der Waals surface area contributed by atoms with E-state index in [1.807, 2.05) is 0 Å². The lowest BCUT2D eigenvalue weighted by molar-refractivity contribution is 0.822. The van der Waals surface area contributed by atoms with Gasteiger partial charge in [0.15, 0.2) is 0 Å². The number of hydrogen-bond donors (Lipinski definition) is 1. The Morgan fingerprint density at radius 3 is 2.61 bits per heavy atom. The van der Waals surface area contributed by atoms with Crippen LogP contribution in [-0.2, 0) is 6.42 Å². The number of benzene rings is 2. The highest BCUT2D eigenvalue weighted by molar-refractivity contribution is 7.98. The highest BCUT2D eigenvalue weighted by Crippen LogP contribution is 2.34. The van der Waals surface area contributed by atoms with E-state index in [1.54, 1.807) is 11.8 Å². The normalized spacial score (nSPS) is 17.3. The second-order valence-corrected chi connectivity index (χ2v) is 5.71. The largest absolute Gasteiger partial charge is 0.378 e. The van der Waals surface area contributed by atoms with Gasteiger partial charge in [-0.1, -0.05) is 29.8 Å². The lowest BCUT2D eigenvalue weighted by atomic mass is 10.0. The summed E-state index contributed by atoms with van der Waals surface area (Å²) >= 11 is 1.79. The van der Waals surface area contributed by atoms with Gasteiger partial charge in [0.1, 0.15) is 0 Å². The van der Waals surface area contributed by atoms with Crippen LogP contribution in [0.3, 0.4) is 0 Å². The molecular formula is C16H17NS. The van der Waals surface area contributed by atoms with Crippen LogP contribution in [-0.4, -0.2) is 6.26 Å². The van der Waals surface area contributed by atoms with E-state index in [4.69, 9.17) is 0 Å². The lowest BCUT2D eigenvalue weighted by Gasteiger charge is -2.12. The Hall–Kier alpha value is -1.41. The fraction of sp³-hybridized carbons (Fsp3) is 0.250. The lowest BCUT2D eigenvalue weighted by Crippen LogP contribution is -2.05. The maximum absolute atomic E-state index is 3.61. The van der Waals surface area contributed by atoms with Gasteiger partial charge >= 0.3 is 0 Å². The second kappa shape index (κ2) is 4.69. The Bertz CT molecular complexity index is 560. The maximum atomic E-state index is 3.61. The van der Waals surface area contributed by atoms with Crippen molar-refractivity contribution in [3.8, 4) is 0 Å². The van der Waals surface area contributed by atoms with Crippen LogP contribution in [0, 0.1) is 6.92 Å². The zero-order valence-corrected chi connectivity index (χ0v) is 11.6. The fourth-order valence-corrected chi connectivity index (χ4v) is 2.94. The summed E-state index contributed by atoms with van der Waals surface area (Å²) < 4.78 is 0. The van der Waals surface area contributed by atoms with Crippen LogP contribution in [0.5, 0.6) is 0 Å². The van der Waals surface area contributed by atoms with E-state index >= 15 is 0 Å². The number of fused-ring (bicyclic) bond motifs is 1. The number of hydrogen-bond acceptors (Lipinski definition) is 2. The molecule has 1 aliphatic heterocycles. The van der Waals surface area contributed by atoms with E-state index in [1.165, 1.54) is 27.3 Å². The van der Waals surface area contributed by atoms with Crippen molar-refractivity contribution < 1.29 is 0 Å². The summed E-state index contributed by atoms with van der Waals surface area (Å²) in [5.74, 6) is 0. The topological polar surface area (TPSA) is 12.0 Å². The van der Waals surface area contributed by atoms with Gasteiger partial charge in [-0.15, -0.1) is 11.8 Å². The van der Waals surface area contributed by atoms with Crippen molar-refractivity contribution in [3.05, 3.63) is 59.2 Å². The minimum atomic E-state index is 0.428. The molecule has 2 heteroatoms. The first-order valence-electron chi connectivity index (χ1n) is 6.26. The first-order chi connectivity index (χ1) is 8.76. The Morgan fingerprint density at radius 1 is 1.11 bits per heavy atom. The Kier molecular flexibility index (Phi) is 3.04. The van der Waals surface area contributed by atoms with Crippen LogP contribution in [0.2, 0.25) is 0 Å². The van der Waals surface area contributed by atoms with E-state index in [0.29, 0.717) is 6.04 Å². The van der Waals surface area contributed by atoms with Crippen LogP contribution >= 0.6 is 11.8 Å². The average Bonchev–Trinajstić information content (AvgIpc) is 2.81. The van der Waals surface area contributed by atoms with Crippen LogP contribution < -0.4 is 5.32 Å². The summed E-state index contributed by atoms with van der Waals surface area (Å²) in [5.41, 5.74) is 5.45. The van der Waals surface area contributed by atoms with Crippen molar-refractivity contribution in [2.45, 2.75) is 24.3 Å². The van der Waals surface area contributed by atoms with Gasteiger partial charge in [-0.3, -0.25) is 0 Å². The van der Waals surface area contributed by atoms with Gasteiger partial charge in [-0.05, 0) is 48.9 Å². The smallest absolute Gasteiger partial charge is 0.0555 e. The van der Waals surface area contributed by atoms with Gasteiger partial charge in [0.25, 0.3) is 0 Å². The number of anilines is 1. The van der Waals surface area contributed by atoms with E-state index in [9.17, 15) is 0 Å². The zero-order chi connectivity index (χ0) is 12.5. The molecule has 1 unspecified atom stereocenters. The van der Waals surface area contributed by atoms with Gasteiger partial charge < -0.3 is 5.32 Å². The standard InChI is InChI=1S/C16H17NS/c1-11-3-8-15-13(9-11)10-16(17-15)12-4-6-14(18-2)7-5-12/h3-9,16-17H,10H2,1-2H3. The number of thioether (sulfide) groups is 1. The molecule has 3 rings (SSSR count). The third kappa shape index (κ3) is 2.13. The third-order valence-corrected chi connectivity index (χ3v) is 4.28. The summed E-state index contributed by atoms with van der Waals surface area (Å²) in [7, 11) is 0. The van der Waals surface area contributed by atoms with Crippen molar-refractivity contribution in [1.29, 1.82) is 0 Å². The van der Waals surface area contributed by atoms with Crippen molar-refractivity contribution in [3.63, 3.8) is 0 Å². The summed E-state index contributed by atoms with van der Waals surface area (Å²) in [6.07, 6.45) is 3.21. The Morgan fingerprint density at radius 2 is 1.89 bits per heavy atom. The van der Waals surface area contributed by atoms with E-state index in [0.717, 1.165) is 6.42 Å². The predicted molar refractivity (Wildman–Crippen MR) is 79.5 cm³/mol. The monoisotopic (exact) mass is 255 g/mol.